The highest BCUT2D eigenvalue weighted by molar-refractivity contribution is 5.97. The molecule has 1 N–H and O–H groups in total. The van der Waals surface area contributed by atoms with Crippen LogP contribution in [0.3, 0.4) is 0 Å². The van der Waals surface area contributed by atoms with Crippen molar-refractivity contribution in [2.24, 2.45) is 0 Å². The minimum Gasteiger partial charge on any atom is -0.480 e. The van der Waals surface area contributed by atoms with Crippen LogP contribution in [-0.2, 0) is 4.79 Å². The number of rotatable bonds is 5. The van der Waals surface area contributed by atoms with Gasteiger partial charge in [0.25, 0.3) is 11.6 Å². The van der Waals surface area contributed by atoms with Gasteiger partial charge in [-0.05, 0) is 32.4 Å². The predicted molar refractivity (Wildman–Crippen MR) is 71.8 cm³/mol. The van der Waals surface area contributed by atoms with Gasteiger partial charge in [-0.3, -0.25) is 19.7 Å². The average molecular weight is 280 g/mol. The van der Waals surface area contributed by atoms with Crippen LogP contribution in [-0.4, -0.2) is 39.9 Å². The lowest BCUT2D eigenvalue weighted by atomic mass is 10.0. The summed E-state index contributed by atoms with van der Waals surface area (Å²) in [6.45, 7) is 4.69. The summed E-state index contributed by atoms with van der Waals surface area (Å²) in [6.07, 6.45) is 0. The zero-order valence-electron chi connectivity index (χ0n) is 11.5. The third kappa shape index (κ3) is 3.31. The van der Waals surface area contributed by atoms with E-state index in [1.54, 1.807) is 26.8 Å². The second-order valence-corrected chi connectivity index (χ2v) is 4.42. The van der Waals surface area contributed by atoms with Crippen molar-refractivity contribution in [3.8, 4) is 0 Å². The number of amides is 1. The minimum atomic E-state index is -1.13. The van der Waals surface area contributed by atoms with Crippen molar-refractivity contribution in [2.75, 3.05) is 13.1 Å². The number of carboxylic acid groups (broad SMARTS) is 1. The van der Waals surface area contributed by atoms with Gasteiger partial charge < -0.3 is 10.0 Å². The largest absolute Gasteiger partial charge is 0.480 e. The van der Waals surface area contributed by atoms with E-state index in [0.717, 1.165) is 4.90 Å². The normalized spacial score (nSPS) is 10.2. The lowest BCUT2D eigenvalue weighted by Crippen LogP contribution is -2.35. The molecule has 0 fully saturated rings. The molecule has 0 aliphatic heterocycles. The van der Waals surface area contributed by atoms with Crippen molar-refractivity contribution < 1.29 is 19.6 Å². The number of carbonyl (C=O) groups excluding carboxylic acids is 1. The van der Waals surface area contributed by atoms with E-state index in [1.807, 2.05) is 0 Å². The van der Waals surface area contributed by atoms with Crippen LogP contribution < -0.4 is 0 Å². The fourth-order valence-electron chi connectivity index (χ4n) is 1.93. The number of carboxylic acids is 1. The fraction of sp³-hybridized carbons (Fsp3) is 0.385. The van der Waals surface area contributed by atoms with Crippen LogP contribution in [0.2, 0.25) is 0 Å². The Kier molecular flexibility index (Phi) is 4.79. The molecule has 1 aromatic rings. The summed E-state index contributed by atoms with van der Waals surface area (Å²) in [6, 6.07) is 2.76. The molecule has 0 aromatic heterocycles. The van der Waals surface area contributed by atoms with Gasteiger partial charge >= 0.3 is 5.97 Å². The van der Waals surface area contributed by atoms with Crippen molar-refractivity contribution in [1.29, 1.82) is 0 Å². The van der Waals surface area contributed by atoms with Crippen molar-refractivity contribution in [3.63, 3.8) is 0 Å². The highest BCUT2D eigenvalue weighted by atomic mass is 16.6. The second-order valence-electron chi connectivity index (χ2n) is 4.42. The van der Waals surface area contributed by atoms with Crippen LogP contribution in [0.15, 0.2) is 12.1 Å². The fourth-order valence-corrected chi connectivity index (χ4v) is 1.93. The number of likely N-dealkylation sites (N-methyl/N-ethyl adjacent to an activating group) is 1. The van der Waals surface area contributed by atoms with Gasteiger partial charge in [0.15, 0.2) is 0 Å². The third-order valence-corrected chi connectivity index (χ3v) is 2.97. The Morgan fingerprint density at radius 2 is 1.90 bits per heavy atom. The molecule has 0 heterocycles. The van der Waals surface area contributed by atoms with E-state index in [9.17, 15) is 19.7 Å². The predicted octanol–water partition coefficient (Wildman–Crippen LogP) is 1.76. The third-order valence-electron chi connectivity index (χ3n) is 2.97. The van der Waals surface area contributed by atoms with E-state index in [2.05, 4.69) is 0 Å². The van der Waals surface area contributed by atoms with Gasteiger partial charge in [0.2, 0.25) is 0 Å². The molecular formula is C13H16N2O5. The van der Waals surface area contributed by atoms with E-state index < -0.39 is 23.3 Å². The monoisotopic (exact) mass is 280 g/mol. The zero-order valence-corrected chi connectivity index (χ0v) is 11.5. The van der Waals surface area contributed by atoms with Gasteiger partial charge in [-0.15, -0.1) is 0 Å². The summed E-state index contributed by atoms with van der Waals surface area (Å²) in [7, 11) is 0. The molecule has 0 unspecified atom stereocenters. The summed E-state index contributed by atoms with van der Waals surface area (Å²) in [4.78, 5) is 34.5. The summed E-state index contributed by atoms with van der Waals surface area (Å²) >= 11 is 0. The Balaban J connectivity index is 3.24. The van der Waals surface area contributed by atoms with E-state index in [0.29, 0.717) is 11.1 Å². The summed E-state index contributed by atoms with van der Waals surface area (Å²) in [5, 5.41) is 19.7. The number of nitro groups is 1. The molecule has 0 saturated heterocycles. The quantitative estimate of drug-likeness (QED) is 0.654. The van der Waals surface area contributed by atoms with E-state index in [1.165, 1.54) is 6.07 Å². The van der Waals surface area contributed by atoms with Crippen LogP contribution >= 0.6 is 0 Å². The molecule has 1 aromatic carbocycles. The van der Waals surface area contributed by atoms with Gasteiger partial charge in [0.05, 0.1) is 4.92 Å². The number of nitro benzene ring substituents is 1. The van der Waals surface area contributed by atoms with Crippen LogP contribution in [0.4, 0.5) is 5.69 Å². The molecule has 7 nitrogen and oxygen atoms in total. The first kappa shape index (κ1) is 15.6. The molecule has 7 heteroatoms. The van der Waals surface area contributed by atoms with Gasteiger partial charge in [0.1, 0.15) is 6.54 Å². The van der Waals surface area contributed by atoms with Crippen LogP contribution in [0.25, 0.3) is 0 Å². The number of carbonyl (C=O) groups is 2. The van der Waals surface area contributed by atoms with Crippen molar-refractivity contribution in [2.45, 2.75) is 20.8 Å². The van der Waals surface area contributed by atoms with Gasteiger partial charge in [-0.2, -0.15) is 0 Å². The Bertz CT molecular complexity index is 568. The van der Waals surface area contributed by atoms with E-state index in [4.69, 9.17) is 5.11 Å². The molecule has 0 radical (unpaired) electrons. The van der Waals surface area contributed by atoms with Gasteiger partial charge in [-0.25, -0.2) is 0 Å². The van der Waals surface area contributed by atoms with Crippen molar-refractivity contribution >= 4 is 17.6 Å². The molecule has 0 aliphatic carbocycles. The Hall–Kier alpha value is -2.44. The average Bonchev–Trinajstić information content (AvgIpc) is 2.34. The van der Waals surface area contributed by atoms with Gasteiger partial charge in [0, 0.05) is 23.7 Å². The Morgan fingerprint density at radius 3 is 2.35 bits per heavy atom. The van der Waals surface area contributed by atoms with Crippen molar-refractivity contribution in [1.82, 2.24) is 4.90 Å². The molecule has 20 heavy (non-hydrogen) atoms. The summed E-state index contributed by atoms with van der Waals surface area (Å²) in [5.74, 6) is -1.64. The molecule has 0 saturated carbocycles. The molecule has 0 bridgehead atoms. The molecule has 0 spiro atoms. The lowest BCUT2D eigenvalue weighted by molar-refractivity contribution is -0.385. The molecule has 0 atom stereocenters. The molecule has 1 amide bonds. The smallest absolute Gasteiger partial charge is 0.323 e. The number of aliphatic carboxylic acids is 1. The number of benzene rings is 1. The summed E-state index contributed by atoms with van der Waals surface area (Å²) < 4.78 is 0. The van der Waals surface area contributed by atoms with E-state index >= 15 is 0 Å². The second kappa shape index (κ2) is 6.14. The first-order chi connectivity index (χ1) is 9.27. The highest BCUT2D eigenvalue weighted by Crippen LogP contribution is 2.23. The SMILES string of the molecule is CCN(CC(=O)O)C(=O)c1cc([N+](=O)[O-])c(C)cc1C. The minimum absolute atomic E-state index is 0.148. The maximum Gasteiger partial charge on any atom is 0.323 e. The highest BCUT2D eigenvalue weighted by Gasteiger charge is 2.22. The van der Waals surface area contributed by atoms with Crippen LogP contribution in [0.1, 0.15) is 28.4 Å². The molecule has 108 valence electrons. The first-order valence-corrected chi connectivity index (χ1v) is 6.04. The van der Waals surface area contributed by atoms with Crippen molar-refractivity contribution in [3.05, 3.63) is 38.9 Å². The molecule has 0 aliphatic rings. The Labute approximate surface area is 116 Å². The zero-order chi connectivity index (χ0) is 15.4. The first-order valence-electron chi connectivity index (χ1n) is 6.04. The summed E-state index contributed by atoms with van der Waals surface area (Å²) in [5.41, 5.74) is 1.06. The Morgan fingerprint density at radius 1 is 1.30 bits per heavy atom. The van der Waals surface area contributed by atoms with Gasteiger partial charge in [-0.1, -0.05) is 0 Å². The lowest BCUT2D eigenvalue weighted by Gasteiger charge is -2.19. The maximum absolute atomic E-state index is 12.3. The number of aryl methyl sites for hydroxylation is 2. The number of hydrogen-bond acceptors (Lipinski definition) is 4. The molecular weight excluding hydrogens is 264 g/mol. The topological polar surface area (TPSA) is 101 Å². The number of nitrogens with zero attached hydrogens (tertiary/aromatic N) is 2. The molecule has 1 rings (SSSR count). The number of hydrogen-bond donors (Lipinski definition) is 1. The van der Waals surface area contributed by atoms with Crippen LogP contribution in [0, 0.1) is 24.0 Å². The van der Waals surface area contributed by atoms with E-state index in [-0.39, 0.29) is 17.8 Å². The maximum atomic E-state index is 12.3. The standard InChI is InChI=1S/C13H16N2O5/c1-4-14(7-12(16)17)13(18)10-6-11(15(19)20)9(3)5-8(10)2/h5-6H,4,7H2,1-3H3,(H,16,17). The van der Waals surface area contributed by atoms with Crippen LogP contribution in [0.5, 0.6) is 0 Å².